The molecule has 0 amide bonds. The standard InChI is InChI=1S/C20H20ClN5/c1-14-12-16-4-2-3-5-18(16)26(14)19-13-23-25-20(24-19)22-11-10-15-6-8-17(21)9-7-15/h2-9,13-14H,10-12H2,1H3,(H,22,24,25). The van der Waals surface area contributed by atoms with Gasteiger partial charge in [0.2, 0.25) is 5.95 Å². The molecule has 26 heavy (non-hydrogen) atoms. The number of nitrogens with zero attached hydrogens (tertiary/aromatic N) is 4. The first-order valence-electron chi connectivity index (χ1n) is 8.76. The molecule has 2 aromatic carbocycles. The van der Waals surface area contributed by atoms with Crippen LogP contribution in [-0.4, -0.2) is 27.8 Å². The third-order valence-corrected chi connectivity index (χ3v) is 4.86. The van der Waals surface area contributed by atoms with Crippen molar-refractivity contribution in [1.29, 1.82) is 0 Å². The highest BCUT2D eigenvalue weighted by atomic mass is 35.5. The van der Waals surface area contributed by atoms with Crippen LogP contribution in [0.25, 0.3) is 0 Å². The second-order valence-electron chi connectivity index (χ2n) is 6.49. The van der Waals surface area contributed by atoms with Crippen molar-refractivity contribution in [3.63, 3.8) is 0 Å². The van der Waals surface area contributed by atoms with Gasteiger partial charge in [-0.25, -0.2) is 0 Å². The molecule has 1 aromatic heterocycles. The Morgan fingerprint density at radius 3 is 2.81 bits per heavy atom. The Labute approximate surface area is 158 Å². The van der Waals surface area contributed by atoms with E-state index in [9.17, 15) is 0 Å². The quantitative estimate of drug-likeness (QED) is 0.732. The van der Waals surface area contributed by atoms with E-state index in [4.69, 9.17) is 11.6 Å². The van der Waals surface area contributed by atoms with Crippen molar-refractivity contribution in [1.82, 2.24) is 15.2 Å². The zero-order valence-electron chi connectivity index (χ0n) is 14.6. The number of fused-ring (bicyclic) bond motifs is 1. The fraction of sp³-hybridized carbons (Fsp3) is 0.250. The highest BCUT2D eigenvalue weighted by Crippen LogP contribution is 2.36. The van der Waals surface area contributed by atoms with E-state index < -0.39 is 0 Å². The van der Waals surface area contributed by atoms with Gasteiger partial charge in [-0.05, 0) is 49.1 Å². The molecular formula is C20H20ClN5. The summed E-state index contributed by atoms with van der Waals surface area (Å²) in [6, 6.07) is 16.7. The van der Waals surface area contributed by atoms with Gasteiger partial charge in [-0.1, -0.05) is 41.9 Å². The lowest BCUT2D eigenvalue weighted by atomic mass is 10.1. The van der Waals surface area contributed by atoms with Crippen molar-refractivity contribution in [2.24, 2.45) is 0 Å². The predicted octanol–water partition coefficient (Wildman–Crippen LogP) is 4.26. The fourth-order valence-electron chi connectivity index (χ4n) is 3.37. The van der Waals surface area contributed by atoms with Crippen LogP contribution in [0, 0.1) is 0 Å². The molecule has 132 valence electrons. The summed E-state index contributed by atoms with van der Waals surface area (Å²) in [5.74, 6) is 1.37. The SMILES string of the molecule is CC1Cc2ccccc2N1c1cnnc(NCCc2ccc(Cl)cc2)n1. The van der Waals surface area contributed by atoms with Gasteiger partial charge in [0.1, 0.15) is 0 Å². The second-order valence-corrected chi connectivity index (χ2v) is 6.93. The Bertz CT molecular complexity index is 897. The summed E-state index contributed by atoms with van der Waals surface area (Å²) >= 11 is 5.92. The number of anilines is 3. The van der Waals surface area contributed by atoms with Crippen molar-refractivity contribution in [3.8, 4) is 0 Å². The summed E-state index contributed by atoms with van der Waals surface area (Å²) in [6.45, 7) is 2.94. The van der Waals surface area contributed by atoms with E-state index in [1.807, 2.05) is 24.3 Å². The summed E-state index contributed by atoms with van der Waals surface area (Å²) < 4.78 is 0. The first kappa shape index (κ1) is 16.8. The Morgan fingerprint density at radius 2 is 1.96 bits per heavy atom. The van der Waals surface area contributed by atoms with Crippen LogP contribution in [0.15, 0.2) is 54.7 Å². The zero-order valence-corrected chi connectivity index (χ0v) is 15.3. The van der Waals surface area contributed by atoms with Crippen LogP contribution in [0.2, 0.25) is 5.02 Å². The van der Waals surface area contributed by atoms with Gasteiger partial charge in [0.25, 0.3) is 0 Å². The number of hydrogen-bond donors (Lipinski definition) is 1. The summed E-state index contributed by atoms with van der Waals surface area (Å²) in [4.78, 5) is 6.90. The van der Waals surface area contributed by atoms with E-state index in [1.54, 1.807) is 6.20 Å². The topological polar surface area (TPSA) is 53.9 Å². The van der Waals surface area contributed by atoms with Crippen LogP contribution < -0.4 is 10.2 Å². The number of halogens is 1. The van der Waals surface area contributed by atoms with Crippen molar-refractivity contribution >= 4 is 29.1 Å². The van der Waals surface area contributed by atoms with Crippen molar-refractivity contribution in [2.45, 2.75) is 25.8 Å². The summed E-state index contributed by atoms with van der Waals surface area (Å²) in [5, 5.41) is 12.3. The van der Waals surface area contributed by atoms with Gasteiger partial charge in [-0.15, -0.1) is 5.10 Å². The van der Waals surface area contributed by atoms with Gasteiger partial charge in [-0.2, -0.15) is 10.1 Å². The molecule has 1 unspecified atom stereocenters. The highest BCUT2D eigenvalue weighted by molar-refractivity contribution is 6.30. The average Bonchev–Trinajstić information content (AvgIpc) is 2.99. The normalized spacial score (nSPS) is 15.8. The van der Waals surface area contributed by atoms with Crippen LogP contribution in [0.5, 0.6) is 0 Å². The van der Waals surface area contributed by atoms with Crippen molar-refractivity contribution in [3.05, 3.63) is 70.9 Å². The zero-order chi connectivity index (χ0) is 17.9. The maximum absolute atomic E-state index is 5.92. The first-order chi connectivity index (χ1) is 12.7. The number of nitrogens with one attached hydrogen (secondary N) is 1. The van der Waals surface area contributed by atoms with Gasteiger partial charge < -0.3 is 10.2 Å². The fourth-order valence-corrected chi connectivity index (χ4v) is 3.50. The molecule has 0 bridgehead atoms. The minimum Gasteiger partial charge on any atom is -0.353 e. The average molecular weight is 366 g/mol. The maximum Gasteiger partial charge on any atom is 0.244 e. The maximum atomic E-state index is 5.92. The summed E-state index contributed by atoms with van der Waals surface area (Å²) in [6.07, 6.45) is 3.61. The molecule has 0 fully saturated rings. The van der Waals surface area contributed by atoms with E-state index in [0.29, 0.717) is 12.0 Å². The number of hydrogen-bond acceptors (Lipinski definition) is 5. The predicted molar refractivity (Wildman–Crippen MR) is 105 cm³/mol. The van der Waals surface area contributed by atoms with Crippen LogP contribution in [0.4, 0.5) is 17.5 Å². The number of aromatic nitrogens is 3. The molecule has 1 atom stereocenters. The van der Waals surface area contributed by atoms with Gasteiger partial charge in [0, 0.05) is 23.3 Å². The van der Waals surface area contributed by atoms with E-state index in [0.717, 1.165) is 30.2 Å². The van der Waals surface area contributed by atoms with Gasteiger partial charge in [0.15, 0.2) is 5.82 Å². The monoisotopic (exact) mass is 365 g/mol. The molecule has 4 rings (SSSR count). The molecule has 0 spiro atoms. The van der Waals surface area contributed by atoms with E-state index in [1.165, 1.54) is 16.8 Å². The molecular weight excluding hydrogens is 346 g/mol. The molecule has 3 aromatic rings. The third-order valence-electron chi connectivity index (χ3n) is 4.61. The molecule has 1 aliphatic heterocycles. The smallest absolute Gasteiger partial charge is 0.244 e. The Kier molecular flexibility index (Phi) is 4.71. The van der Waals surface area contributed by atoms with E-state index in [-0.39, 0.29) is 0 Å². The van der Waals surface area contributed by atoms with Gasteiger partial charge >= 0.3 is 0 Å². The minimum atomic E-state index is 0.353. The number of benzene rings is 2. The molecule has 1 aliphatic rings. The molecule has 5 nitrogen and oxygen atoms in total. The first-order valence-corrected chi connectivity index (χ1v) is 9.14. The molecule has 6 heteroatoms. The molecule has 2 heterocycles. The van der Waals surface area contributed by atoms with Gasteiger partial charge in [-0.3, -0.25) is 0 Å². The van der Waals surface area contributed by atoms with Crippen LogP contribution in [-0.2, 0) is 12.8 Å². The van der Waals surface area contributed by atoms with E-state index >= 15 is 0 Å². The van der Waals surface area contributed by atoms with Crippen LogP contribution in [0.1, 0.15) is 18.1 Å². The van der Waals surface area contributed by atoms with Gasteiger partial charge in [0.05, 0.1) is 6.20 Å². The summed E-state index contributed by atoms with van der Waals surface area (Å²) in [7, 11) is 0. The molecule has 0 saturated carbocycles. The summed E-state index contributed by atoms with van der Waals surface area (Å²) in [5.41, 5.74) is 3.76. The Morgan fingerprint density at radius 1 is 1.15 bits per heavy atom. The lowest BCUT2D eigenvalue weighted by Gasteiger charge is -2.23. The van der Waals surface area contributed by atoms with E-state index in [2.05, 4.69) is 56.6 Å². The van der Waals surface area contributed by atoms with Crippen molar-refractivity contribution in [2.75, 3.05) is 16.8 Å². The Hall–Kier alpha value is -2.66. The molecule has 1 N–H and O–H groups in total. The van der Waals surface area contributed by atoms with Crippen LogP contribution in [0.3, 0.4) is 0 Å². The lowest BCUT2D eigenvalue weighted by molar-refractivity contribution is 0.744. The minimum absolute atomic E-state index is 0.353. The molecule has 0 aliphatic carbocycles. The second kappa shape index (κ2) is 7.30. The number of rotatable bonds is 5. The third kappa shape index (κ3) is 3.48. The Balaban J connectivity index is 1.46. The lowest BCUT2D eigenvalue weighted by Crippen LogP contribution is -2.25. The van der Waals surface area contributed by atoms with Crippen molar-refractivity contribution < 1.29 is 0 Å². The molecule has 0 radical (unpaired) electrons. The number of para-hydroxylation sites is 1. The van der Waals surface area contributed by atoms with Crippen LogP contribution >= 0.6 is 11.6 Å². The largest absolute Gasteiger partial charge is 0.353 e. The molecule has 0 saturated heterocycles. The highest BCUT2D eigenvalue weighted by Gasteiger charge is 2.28.